The summed E-state index contributed by atoms with van der Waals surface area (Å²) < 4.78 is 15.8. The van der Waals surface area contributed by atoms with Gasteiger partial charge in [-0.05, 0) is 68.7 Å². The normalized spacial score (nSPS) is 14.3. The number of amides is 1. The number of rotatable bonds is 8. The smallest absolute Gasteiger partial charge is 0.329 e. The maximum absolute atomic E-state index is 12.6. The third kappa shape index (κ3) is 14.0. The van der Waals surface area contributed by atoms with E-state index in [0.29, 0.717) is 0 Å². The lowest BCUT2D eigenvalue weighted by molar-refractivity contribution is -0.160. The van der Waals surface area contributed by atoms with Crippen LogP contribution in [0.5, 0.6) is 0 Å². The minimum Gasteiger partial charge on any atom is -0.460 e. The van der Waals surface area contributed by atoms with Gasteiger partial charge in [-0.15, -0.1) is 0 Å². The average molecular weight is 430 g/mol. The van der Waals surface area contributed by atoms with Crippen LogP contribution in [0.15, 0.2) is 0 Å². The van der Waals surface area contributed by atoms with Crippen molar-refractivity contribution in [2.24, 2.45) is 5.92 Å². The fraction of sp³-hybridized carbons (Fsp3) is 0.818. The van der Waals surface area contributed by atoms with Gasteiger partial charge in [0.2, 0.25) is 5.91 Å². The first-order chi connectivity index (χ1) is 13.3. The monoisotopic (exact) mass is 429 g/mol. The summed E-state index contributed by atoms with van der Waals surface area (Å²) in [5.41, 5.74) is -2.06. The van der Waals surface area contributed by atoms with Crippen molar-refractivity contribution in [3.8, 4) is 0 Å². The summed E-state index contributed by atoms with van der Waals surface area (Å²) >= 11 is 0. The van der Waals surface area contributed by atoms with E-state index in [1.807, 2.05) is 0 Å². The third-order valence-corrected chi connectivity index (χ3v) is 3.41. The van der Waals surface area contributed by atoms with Crippen molar-refractivity contribution in [1.82, 2.24) is 5.32 Å². The standard InChI is InChI=1S/C22H39NO7/c1-14(13-17(25)29-21(5,6)7)18(26)23-15(19(27)30-22(8,9)10)11-12-16(24)28-20(2,3)4/h14-15H,11-13H2,1-10H3,(H,23,26)/t14-,15-/m0/s1. The molecule has 1 amide bonds. The van der Waals surface area contributed by atoms with Crippen molar-refractivity contribution < 1.29 is 33.4 Å². The molecule has 1 N–H and O–H groups in total. The van der Waals surface area contributed by atoms with Crippen LogP contribution in [0, 0.1) is 5.92 Å². The molecule has 0 aromatic heterocycles. The molecule has 0 saturated carbocycles. The quantitative estimate of drug-likeness (QED) is 0.466. The fourth-order valence-electron chi connectivity index (χ4n) is 2.32. The van der Waals surface area contributed by atoms with E-state index in [1.54, 1.807) is 69.2 Å². The number of esters is 3. The molecule has 0 rings (SSSR count). The summed E-state index contributed by atoms with van der Waals surface area (Å²) in [6.07, 6.45) is -0.174. The lowest BCUT2D eigenvalue weighted by atomic mass is 10.0. The van der Waals surface area contributed by atoms with E-state index in [4.69, 9.17) is 14.2 Å². The molecular formula is C22H39NO7. The molecule has 8 nitrogen and oxygen atoms in total. The highest BCUT2D eigenvalue weighted by molar-refractivity contribution is 5.88. The van der Waals surface area contributed by atoms with E-state index in [1.165, 1.54) is 0 Å². The minimum absolute atomic E-state index is 0.0225. The summed E-state index contributed by atoms with van der Waals surface area (Å²) in [4.78, 5) is 49.1. The van der Waals surface area contributed by atoms with Gasteiger partial charge in [0.1, 0.15) is 22.8 Å². The van der Waals surface area contributed by atoms with Gasteiger partial charge in [-0.3, -0.25) is 14.4 Å². The minimum atomic E-state index is -1.04. The second-order valence-corrected chi connectivity index (χ2v) is 10.4. The maximum Gasteiger partial charge on any atom is 0.329 e. The van der Waals surface area contributed by atoms with Crippen LogP contribution in [0.25, 0.3) is 0 Å². The van der Waals surface area contributed by atoms with Gasteiger partial charge >= 0.3 is 17.9 Å². The Labute approximate surface area is 180 Å². The van der Waals surface area contributed by atoms with Gasteiger partial charge < -0.3 is 19.5 Å². The van der Waals surface area contributed by atoms with Crippen LogP contribution in [0.1, 0.15) is 88.5 Å². The lowest BCUT2D eigenvalue weighted by Crippen LogP contribution is -2.46. The van der Waals surface area contributed by atoms with Crippen LogP contribution in [0.4, 0.5) is 0 Å². The zero-order valence-corrected chi connectivity index (χ0v) is 20.1. The molecule has 0 heterocycles. The lowest BCUT2D eigenvalue weighted by Gasteiger charge is -2.26. The fourth-order valence-corrected chi connectivity index (χ4v) is 2.32. The van der Waals surface area contributed by atoms with Crippen LogP contribution >= 0.6 is 0 Å². The van der Waals surface area contributed by atoms with E-state index in [9.17, 15) is 19.2 Å². The zero-order valence-electron chi connectivity index (χ0n) is 20.1. The Morgan fingerprint density at radius 2 is 1.17 bits per heavy atom. The Hall–Kier alpha value is -2.12. The Morgan fingerprint density at radius 3 is 1.60 bits per heavy atom. The SMILES string of the molecule is C[C@@H](CC(=O)OC(C)(C)C)C(=O)N[C@@H](CCC(=O)OC(C)(C)C)C(=O)OC(C)(C)C. The van der Waals surface area contributed by atoms with Crippen LogP contribution < -0.4 is 5.32 Å². The molecule has 0 fully saturated rings. The molecule has 8 heteroatoms. The average Bonchev–Trinajstić information content (AvgIpc) is 2.45. The van der Waals surface area contributed by atoms with Gasteiger partial charge in [0.15, 0.2) is 0 Å². The largest absolute Gasteiger partial charge is 0.460 e. The highest BCUT2D eigenvalue weighted by Gasteiger charge is 2.30. The van der Waals surface area contributed by atoms with Gasteiger partial charge in [-0.2, -0.15) is 0 Å². The third-order valence-electron chi connectivity index (χ3n) is 3.41. The van der Waals surface area contributed by atoms with Gasteiger partial charge in [-0.1, -0.05) is 6.92 Å². The van der Waals surface area contributed by atoms with E-state index in [2.05, 4.69) is 5.32 Å². The Kier molecular flexibility index (Phi) is 10.0. The summed E-state index contributed by atoms with van der Waals surface area (Å²) in [5, 5.41) is 2.60. The maximum atomic E-state index is 12.6. The number of hydrogen-bond donors (Lipinski definition) is 1. The Balaban J connectivity index is 5.09. The predicted molar refractivity (Wildman–Crippen MR) is 112 cm³/mol. The number of nitrogens with one attached hydrogen (secondary N) is 1. The summed E-state index contributed by atoms with van der Waals surface area (Å²) in [6, 6.07) is -1.04. The van der Waals surface area contributed by atoms with Crippen molar-refractivity contribution in [2.45, 2.75) is 111 Å². The molecule has 30 heavy (non-hydrogen) atoms. The number of carbonyl (C=O) groups is 4. The first-order valence-corrected chi connectivity index (χ1v) is 10.3. The molecule has 0 radical (unpaired) electrons. The summed E-state index contributed by atoms with van der Waals surface area (Å²) in [5.74, 6) is -2.85. The number of carbonyl (C=O) groups excluding carboxylic acids is 4. The molecule has 0 aromatic rings. The van der Waals surface area contributed by atoms with Crippen molar-refractivity contribution in [3.63, 3.8) is 0 Å². The molecule has 2 atom stereocenters. The van der Waals surface area contributed by atoms with Crippen molar-refractivity contribution in [1.29, 1.82) is 0 Å². The topological polar surface area (TPSA) is 108 Å². The summed E-state index contributed by atoms with van der Waals surface area (Å²) in [7, 11) is 0. The van der Waals surface area contributed by atoms with Crippen LogP contribution in [0.3, 0.4) is 0 Å². The molecule has 0 unspecified atom stereocenters. The van der Waals surface area contributed by atoms with Crippen molar-refractivity contribution in [2.75, 3.05) is 0 Å². The van der Waals surface area contributed by atoms with Gasteiger partial charge in [0, 0.05) is 12.3 Å². The Bertz CT molecular complexity index is 621. The molecule has 0 aliphatic carbocycles. The number of ether oxygens (including phenoxy) is 3. The summed E-state index contributed by atoms with van der Waals surface area (Å²) in [6.45, 7) is 17.2. The predicted octanol–water partition coefficient (Wildman–Crippen LogP) is 3.30. The first-order valence-electron chi connectivity index (χ1n) is 10.3. The van der Waals surface area contributed by atoms with E-state index >= 15 is 0 Å². The molecule has 0 spiro atoms. The molecule has 0 bridgehead atoms. The molecular weight excluding hydrogens is 390 g/mol. The van der Waals surface area contributed by atoms with Gasteiger partial charge in [0.25, 0.3) is 0 Å². The Morgan fingerprint density at radius 1 is 0.733 bits per heavy atom. The van der Waals surface area contributed by atoms with E-state index in [-0.39, 0.29) is 19.3 Å². The van der Waals surface area contributed by atoms with Crippen molar-refractivity contribution in [3.05, 3.63) is 0 Å². The zero-order chi connectivity index (χ0) is 23.9. The highest BCUT2D eigenvalue weighted by Crippen LogP contribution is 2.15. The molecule has 0 aliphatic rings. The van der Waals surface area contributed by atoms with Crippen molar-refractivity contribution >= 4 is 23.8 Å². The first kappa shape index (κ1) is 27.9. The van der Waals surface area contributed by atoms with Crippen LogP contribution in [-0.2, 0) is 33.4 Å². The number of hydrogen-bond acceptors (Lipinski definition) is 7. The molecule has 0 saturated heterocycles. The van der Waals surface area contributed by atoms with E-state index in [0.717, 1.165) is 0 Å². The second kappa shape index (κ2) is 10.8. The van der Waals surface area contributed by atoms with Crippen LogP contribution in [-0.4, -0.2) is 46.7 Å². The van der Waals surface area contributed by atoms with Crippen LogP contribution in [0.2, 0.25) is 0 Å². The molecule has 0 aromatic carbocycles. The second-order valence-electron chi connectivity index (χ2n) is 10.4. The highest BCUT2D eigenvalue weighted by atomic mass is 16.6. The van der Waals surface area contributed by atoms with Gasteiger partial charge in [0.05, 0.1) is 6.42 Å². The van der Waals surface area contributed by atoms with E-state index < -0.39 is 52.6 Å². The molecule has 0 aliphatic heterocycles. The molecule has 174 valence electrons. The van der Waals surface area contributed by atoms with Gasteiger partial charge in [-0.25, -0.2) is 4.79 Å².